The largest absolute Gasteiger partial charge is 0.506 e. The first kappa shape index (κ1) is 8.41. The summed E-state index contributed by atoms with van der Waals surface area (Å²) in [6.45, 7) is 3.97. The van der Waals surface area contributed by atoms with Crippen LogP contribution in [0.4, 0.5) is 0 Å². The summed E-state index contributed by atoms with van der Waals surface area (Å²) in [4.78, 5) is 0. The summed E-state index contributed by atoms with van der Waals surface area (Å²) < 4.78 is 0. The Hall–Kier alpha value is -0.690. The molecule has 0 amide bonds. The van der Waals surface area contributed by atoms with Crippen LogP contribution >= 0.6 is 11.6 Å². The molecular weight excluding hydrogens is 160 g/mol. The second-order valence-corrected chi connectivity index (χ2v) is 2.95. The average Bonchev–Trinajstić information content (AvgIpc) is 1.99. The highest BCUT2D eigenvalue weighted by Gasteiger charge is 2.05. The molecule has 0 saturated carbocycles. The van der Waals surface area contributed by atoms with Crippen LogP contribution in [0.25, 0.3) is 0 Å². The van der Waals surface area contributed by atoms with E-state index >= 15 is 0 Å². The molecule has 0 aliphatic rings. The molecule has 1 rings (SSSR count). The first-order chi connectivity index (χ1) is 5.16. The Labute approximate surface area is 71.6 Å². The maximum atomic E-state index is 9.45. The number of hydrogen-bond donors (Lipinski definition) is 1. The zero-order valence-electron chi connectivity index (χ0n) is 6.69. The molecule has 11 heavy (non-hydrogen) atoms. The molecule has 1 N–H and O–H groups in total. The van der Waals surface area contributed by atoms with Gasteiger partial charge in [-0.05, 0) is 30.5 Å². The highest BCUT2D eigenvalue weighted by atomic mass is 35.5. The van der Waals surface area contributed by atoms with E-state index < -0.39 is 0 Å². The van der Waals surface area contributed by atoms with Crippen molar-refractivity contribution in [3.63, 3.8) is 0 Å². The summed E-state index contributed by atoms with van der Waals surface area (Å²) >= 11 is 5.71. The zero-order valence-corrected chi connectivity index (χ0v) is 7.44. The predicted molar refractivity (Wildman–Crippen MR) is 47.2 cm³/mol. The van der Waals surface area contributed by atoms with Gasteiger partial charge >= 0.3 is 0 Å². The quantitative estimate of drug-likeness (QED) is 0.687. The van der Waals surface area contributed by atoms with Gasteiger partial charge in [-0.15, -0.1) is 0 Å². The molecule has 0 aliphatic heterocycles. The number of phenolic OH excluding ortho intramolecular Hbond substituents is 1. The molecule has 0 radical (unpaired) electrons. The first-order valence-electron chi connectivity index (χ1n) is 3.63. The van der Waals surface area contributed by atoms with E-state index in [-0.39, 0.29) is 5.75 Å². The van der Waals surface area contributed by atoms with Gasteiger partial charge in [0.15, 0.2) is 0 Å². The maximum Gasteiger partial charge on any atom is 0.137 e. The Balaban J connectivity index is 3.29. The van der Waals surface area contributed by atoms with Gasteiger partial charge in [0.05, 0.1) is 5.02 Å². The molecule has 1 aromatic carbocycles. The van der Waals surface area contributed by atoms with Crippen molar-refractivity contribution in [1.29, 1.82) is 0 Å². The highest BCUT2D eigenvalue weighted by molar-refractivity contribution is 6.32. The Morgan fingerprint density at radius 2 is 2.09 bits per heavy atom. The van der Waals surface area contributed by atoms with Gasteiger partial charge in [0.2, 0.25) is 0 Å². The second-order valence-electron chi connectivity index (χ2n) is 2.54. The number of benzene rings is 1. The van der Waals surface area contributed by atoms with Gasteiger partial charge < -0.3 is 5.11 Å². The molecule has 0 aromatic heterocycles. The molecule has 0 atom stereocenters. The van der Waals surface area contributed by atoms with E-state index in [0.717, 1.165) is 17.5 Å². The zero-order chi connectivity index (χ0) is 8.43. The first-order valence-corrected chi connectivity index (χ1v) is 4.01. The number of aryl methyl sites for hydroxylation is 1. The van der Waals surface area contributed by atoms with Crippen molar-refractivity contribution in [2.24, 2.45) is 0 Å². The normalized spacial score (nSPS) is 10.1. The monoisotopic (exact) mass is 170 g/mol. The molecule has 0 aliphatic carbocycles. The smallest absolute Gasteiger partial charge is 0.137 e. The van der Waals surface area contributed by atoms with Crippen LogP contribution < -0.4 is 0 Å². The molecule has 2 heteroatoms. The molecule has 1 aromatic rings. The van der Waals surface area contributed by atoms with Crippen molar-refractivity contribution in [1.82, 2.24) is 0 Å². The minimum atomic E-state index is 0.231. The van der Waals surface area contributed by atoms with Gasteiger partial charge in [0, 0.05) is 0 Å². The second kappa shape index (κ2) is 3.14. The van der Waals surface area contributed by atoms with Crippen LogP contribution in [0.3, 0.4) is 0 Å². The van der Waals surface area contributed by atoms with Crippen LogP contribution in [-0.4, -0.2) is 5.11 Å². The van der Waals surface area contributed by atoms with Crippen LogP contribution in [0.1, 0.15) is 18.1 Å². The van der Waals surface area contributed by atoms with E-state index in [1.165, 1.54) is 0 Å². The lowest BCUT2D eigenvalue weighted by molar-refractivity contribution is 0.468. The van der Waals surface area contributed by atoms with E-state index in [1.807, 2.05) is 19.9 Å². The van der Waals surface area contributed by atoms with Gasteiger partial charge in [-0.25, -0.2) is 0 Å². The summed E-state index contributed by atoms with van der Waals surface area (Å²) in [5.74, 6) is 0.231. The standard InChI is InChI=1S/C9H11ClO/c1-3-7-6(2)4-5-8(10)9(7)11/h4-5,11H,3H2,1-2H3. The summed E-state index contributed by atoms with van der Waals surface area (Å²) in [6.07, 6.45) is 0.818. The van der Waals surface area contributed by atoms with Crippen LogP contribution in [0.2, 0.25) is 5.02 Å². The number of hydrogen-bond acceptors (Lipinski definition) is 1. The van der Waals surface area contributed by atoms with Crippen molar-refractivity contribution in [3.8, 4) is 5.75 Å². The summed E-state index contributed by atoms with van der Waals surface area (Å²) in [6, 6.07) is 3.63. The van der Waals surface area contributed by atoms with E-state index in [0.29, 0.717) is 5.02 Å². The fourth-order valence-corrected chi connectivity index (χ4v) is 1.33. The summed E-state index contributed by atoms with van der Waals surface area (Å²) in [7, 11) is 0. The molecule has 1 nitrogen and oxygen atoms in total. The van der Waals surface area contributed by atoms with Gasteiger partial charge in [0.1, 0.15) is 5.75 Å². The summed E-state index contributed by atoms with van der Waals surface area (Å²) in [5.41, 5.74) is 2.03. The van der Waals surface area contributed by atoms with Gasteiger partial charge in [-0.2, -0.15) is 0 Å². The number of aromatic hydroxyl groups is 1. The molecule has 0 spiro atoms. The SMILES string of the molecule is CCc1c(C)ccc(Cl)c1O. The lowest BCUT2D eigenvalue weighted by Gasteiger charge is -2.06. The summed E-state index contributed by atoms with van der Waals surface area (Å²) in [5, 5.41) is 9.88. The van der Waals surface area contributed by atoms with Crippen LogP contribution in [0.5, 0.6) is 5.75 Å². The minimum absolute atomic E-state index is 0.231. The molecule has 0 unspecified atom stereocenters. The minimum Gasteiger partial charge on any atom is -0.506 e. The Kier molecular flexibility index (Phi) is 2.40. The van der Waals surface area contributed by atoms with Crippen molar-refractivity contribution in [2.45, 2.75) is 20.3 Å². The van der Waals surface area contributed by atoms with Crippen LogP contribution in [0.15, 0.2) is 12.1 Å². The van der Waals surface area contributed by atoms with Gasteiger partial charge in [0.25, 0.3) is 0 Å². The van der Waals surface area contributed by atoms with E-state index in [4.69, 9.17) is 11.6 Å². The fraction of sp³-hybridized carbons (Fsp3) is 0.333. The third kappa shape index (κ3) is 1.48. The molecule has 0 saturated heterocycles. The number of rotatable bonds is 1. The van der Waals surface area contributed by atoms with E-state index in [1.54, 1.807) is 6.07 Å². The molecule has 0 fully saturated rings. The molecule has 60 valence electrons. The van der Waals surface area contributed by atoms with Crippen molar-refractivity contribution in [2.75, 3.05) is 0 Å². The average molecular weight is 171 g/mol. The fourth-order valence-electron chi connectivity index (χ4n) is 1.15. The lowest BCUT2D eigenvalue weighted by atomic mass is 10.1. The van der Waals surface area contributed by atoms with Gasteiger partial charge in [-0.3, -0.25) is 0 Å². The molecule has 0 heterocycles. The molecular formula is C9H11ClO. The predicted octanol–water partition coefficient (Wildman–Crippen LogP) is 2.92. The lowest BCUT2D eigenvalue weighted by Crippen LogP contribution is -1.87. The van der Waals surface area contributed by atoms with Crippen LogP contribution in [-0.2, 0) is 6.42 Å². The Morgan fingerprint density at radius 3 is 2.55 bits per heavy atom. The Bertz CT molecular complexity index is 269. The van der Waals surface area contributed by atoms with Gasteiger partial charge in [-0.1, -0.05) is 24.6 Å². The molecule has 0 bridgehead atoms. The third-order valence-corrected chi connectivity index (χ3v) is 2.13. The van der Waals surface area contributed by atoms with E-state index in [9.17, 15) is 5.11 Å². The highest BCUT2D eigenvalue weighted by Crippen LogP contribution is 2.29. The topological polar surface area (TPSA) is 20.2 Å². The van der Waals surface area contributed by atoms with Crippen molar-refractivity contribution in [3.05, 3.63) is 28.3 Å². The third-order valence-electron chi connectivity index (χ3n) is 1.82. The maximum absolute atomic E-state index is 9.45. The van der Waals surface area contributed by atoms with Crippen molar-refractivity contribution >= 4 is 11.6 Å². The van der Waals surface area contributed by atoms with E-state index in [2.05, 4.69) is 0 Å². The number of phenols is 1. The Morgan fingerprint density at radius 1 is 1.45 bits per heavy atom. The van der Waals surface area contributed by atoms with Crippen LogP contribution in [0, 0.1) is 6.92 Å². The van der Waals surface area contributed by atoms with Crippen molar-refractivity contribution < 1.29 is 5.11 Å². The number of halogens is 1.